The molecule has 1 rings (SSSR count). The lowest BCUT2D eigenvalue weighted by Crippen LogP contribution is -2.38. The number of benzene rings is 1. The number of amides is 2. The van der Waals surface area contributed by atoms with Crippen LogP contribution in [0.25, 0.3) is 0 Å². The van der Waals surface area contributed by atoms with E-state index in [2.05, 4.69) is 15.4 Å². The number of carbonyl (C=O) groups is 3. The van der Waals surface area contributed by atoms with Gasteiger partial charge in [0, 0.05) is 12.1 Å². The molecule has 0 heterocycles. The van der Waals surface area contributed by atoms with Crippen LogP contribution in [0.3, 0.4) is 0 Å². The summed E-state index contributed by atoms with van der Waals surface area (Å²) in [6, 6.07) is 6.22. The maximum Gasteiger partial charge on any atom is 0.328 e. The molecule has 0 aliphatic carbocycles. The Balaban J connectivity index is 2.71. The van der Waals surface area contributed by atoms with Crippen molar-refractivity contribution in [1.29, 1.82) is 0 Å². The number of hydrogen-bond acceptors (Lipinski definition) is 4. The molecule has 96 valence electrons. The van der Waals surface area contributed by atoms with Crippen LogP contribution in [0, 0.1) is 0 Å². The van der Waals surface area contributed by atoms with E-state index in [1.54, 1.807) is 24.3 Å². The van der Waals surface area contributed by atoms with Crippen LogP contribution < -0.4 is 10.6 Å². The molecular formula is C12H14N2O4. The molecule has 0 fully saturated rings. The van der Waals surface area contributed by atoms with Crippen LogP contribution in [0.15, 0.2) is 24.3 Å². The second-order valence-corrected chi connectivity index (χ2v) is 3.52. The SMILES string of the molecule is COC(=O)C(Cc1ccc(NC=O)cc1)NC=O. The van der Waals surface area contributed by atoms with Gasteiger partial charge in [0.2, 0.25) is 12.8 Å². The molecule has 0 aliphatic rings. The molecule has 0 saturated carbocycles. The van der Waals surface area contributed by atoms with Crippen molar-refractivity contribution in [1.82, 2.24) is 5.32 Å². The van der Waals surface area contributed by atoms with E-state index in [-0.39, 0.29) is 0 Å². The van der Waals surface area contributed by atoms with Crippen LogP contribution in [0.1, 0.15) is 5.56 Å². The lowest BCUT2D eigenvalue weighted by atomic mass is 10.1. The van der Waals surface area contributed by atoms with E-state index in [0.717, 1.165) is 5.56 Å². The topological polar surface area (TPSA) is 84.5 Å². The highest BCUT2D eigenvalue weighted by atomic mass is 16.5. The molecule has 18 heavy (non-hydrogen) atoms. The Morgan fingerprint density at radius 2 is 1.94 bits per heavy atom. The molecule has 0 radical (unpaired) electrons. The van der Waals surface area contributed by atoms with E-state index < -0.39 is 12.0 Å². The summed E-state index contributed by atoms with van der Waals surface area (Å²) in [5, 5.41) is 4.90. The van der Waals surface area contributed by atoms with Gasteiger partial charge in [-0.3, -0.25) is 9.59 Å². The summed E-state index contributed by atoms with van der Waals surface area (Å²) in [7, 11) is 1.26. The summed E-state index contributed by atoms with van der Waals surface area (Å²) in [5.41, 5.74) is 1.50. The number of methoxy groups -OCH3 is 1. The zero-order chi connectivity index (χ0) is 13.4. The molecule has 0 spiro atoms. The molecule has 2 N–H and O–H groups in total. The van der Waals surface area contributed by atoms with Crippen molar-refractivity contribution in [2.75, 3.05) is 12.4 Å². The maximum atomic E-state index is 11.4. The number of nitrogens with one attached hydrogen (secondary N) is 2. The fourth-order valence-corrected chi connectivity index (χ4v) is 1.48. The van der Waals surface area contributed by atoms with E-state index in [1.165, 1.54) is 7.11 Å². The molecule has 1 aromatic rings. The number of anilines is 1. The molecule has 6 nitrogen and oxygen atoms in total. The molecular weight excluding hydrogens is 236 g/mol. The normalized spacial score (nSPS) is 11.2. The van der Waals surface area contributed by atoms with Gasteiger partial charge in [0.25, 0.3) is 0 Å². The smallest absolute Gasteiger partial charge is 0.328 e. The van der Waals surface area contributed by atoms with Crippen molar-refractivity contribution in [3.8, 4) is 0 Å². The molecule has 6 heteroatoms. The first kappa shape index (κ1) is 13.7. The number of rotatable bonds is 7. The van der Waals surface area contributed by atoms with E-state index in [0.29, 0.717) is 24.9 Å². The van der Waals surface area contributed by atoms with Crippen LogP contribution in [0.4, 0.5) is 5.69 Å². The van der Waals surface area contributed by atoms with Crippen molar-refractivity contribution in [3.05, 3.63) is 29.8 Å². The predicted octanol–water partition coefficient (Wildman–Crippen LogP) is 0.0850. The Morgan fingerprint density at radius 3 is 2.44 bits per heavy atom. The average molecular weight is 250 g/mol. The van der Waals surface area contributed by atoms with Crippen molar-refractivity contribution < 1.29 is 19.1 Å². The summed E-state index contributed by atoms with van der Waals surface area (Å²) >= 11 is 0. The van der Waals surface area contributed by atoms with E-state index in [9.17, 15) is 14.4 Å². The monoisotopic (exact) mass is 250 g/mol. The fourth-order valence-electron chi connectivity index (χ4n) is 1.48. The highest BCUT2D eigenvalue weighted by molar-refractivity contribution is 5.78. The minimum Gasteiger partial charge on any atom is -0.467 e. The number of esters is 1. The number of ether oxygens (including phenoxy) is 1. The Labute approximate surface area is 104 Å². The predicted molar refractivity (Wildman–Crippen MR) is 64.8 cm³/mol. The lowest BCUT2D eigenvalue weighted by molar-refractivity contribution is -0.144. The maximum absolute atomic E-state index is 11.4. The minimum atomic E-state index is -0.711. The van der Waals surface area contributed by atoms with Crippen molar-refractivity contribution in [3.63, 3.8) is 0 Å². The summed E-state index contributed by atoms with van der Waals surface area (Å²) < 4.78 is 4.58. The van der Waals surface area contributed by atoms with E-state index in [1.807, 2.05) is 0 Å². The molecule has 0 aliphatic heterocycles. The van der Waals surface area contributed by atoms with E-state index in [4.69, 9.17) is 0 Å². The third kappa shape index (κ3) is 3.89. The van der Waals surface area contributed by atoms with Crippen molar-refractivity contribution in [2.24, 2.45) is 0 Å². The molecule has 0 aromatic heterocycles. The van der Waals surface area contributed by atoms with Crippen LogP contribution >= 0.6 is 0 Å². The van der Waals surface area contributed by atoms with Crippen LogP contribution in [0.5, 0.6) is 0 Å². The Kier molecular flexibility index (Phi) is 5.37. The first-order valence-electron chi connectivity index (χ1n) is 5.28. The largest absolute Gasteiger partial charge is 0.467 e. The van der Waals surface area contributed by atoms with E-state index >= 15 is 0 Å². The molecule has 0 saturated heterocycles. The van der Waals surface area contributed by atoms with Gasteiger partial charge in [0.05, 0.1) is 7.11 Å². The van der Waals surface area contributed by atoms with Gasteiger partial charge in [-0.2, -0.15) is 0 Å². The molecule has 0 bridgehead atoms. The standard InChI is InChI=1S/C12H14N2O4/c1-18-12(17)11(14-8-16)6-9-2-4-10(5-3-9)13-7-15/h2-5,7-8,11H,6H2,1H3,(H,13,15)(H,14,16). The third-order valence-electron chi connectivity index (χ3n) is 2.37. The fraction of sp³-hybridized carbons (Fsp3) is 0.250. The zero-order valence-corrected chi connectivity index (χ0v) is 9.88. The first-order chi connectivity index (χ1) is 8.71. The highest BCUT2D eigenvalue weighted by Crippen LogP contribution is 2.10. The third-order valence-corrected chi connectivity index (χ3v) is 2.37. The Hall–Kier alpha value is -2.37. The van der Waals surface area contributed by atoms with Crippen LogP contribution in [-0.4, -0.2) is 31.9 Å². The summed E-state index contributed by atoms with van der Waals surface area (Å²) in [6.07, 6.45) is 1.37. The number of hydrogen-bond donors (Lipinski definition) is 2. The van der Waals surface area contributed by atoms with Gasteiger partial charge < -0.3 is 15.4 Å². The lowest BCUT2D eigenvalue weighted by Gasteiger charge is -2.13. The summed E-state index contributed by atoms with van der Waals surface area (Å²) in [5.74, 6) is -0.503. The average Bonchev–Trinajstić information content (AvgIpc) is 2.40. The minimum absolute atomic E-state index is 0.326. The van der Waals surface area contributed by atoms with Gasteiger partial charge in [-0.1, -0.05) is 12.1 Å². The molecule has 1 unspecified atom stereocenters. The van der Waals surface area contributed by atoms with Gasteiger partial charge in [-0.15, -0.1) is 0 Å². The molecule has 1 atom stereocenters. The van der Waals surface area contributed by atoms with Crippen molar-refractivity contribution in [2.45, 2.75) is 12.5 Å². The second kappa shape index (κ2) is 7.05. The Morgan fingerprint density at radius 1 is 1.28 bits per heavy atom. The Bertz CT molecular complexity index is 417. The van der Waals surface area contributed by atoms with Gasteiger partial charge in [0.15, 0.2) is 0 Å². The van der Waals surface area contributed by atoms with Crippen LogP contribution in [-0.2, 0) is 25.5 Å². The summed E-state index contributed by atoms with van der Waals surface area (Å²) in [6.45, 7) is 0. The molecule has 2 amide bonds. The van der Waals surface area contributed by atoms with Crippen molar-refractivity contribution >= 4 is 24.5 Å². The number of carbonyl (C=O) groups excluding carboxylic acids is 3. The molecule has 1 aromatic carbocycles. The van der Waals surface area contributed by atoms with Gasteiger partial charge in [0.1, 0.15) is 6.04 Å². The first-order valence-corrected chi connectivity index (χ1v) is 5.28. The van der Waals surface area contributed by atoms with Crippen LogP contribution in [0.2, 0.25) is 0 Å². The van der Waals surface area contributed by atoms with Gasteiger partial charge >= 0.3 is 5.97 Å². The second-order valence-electron chi connectivity index (χ2n) is 3.52. The van der Waals surface area contributed by atoms with Gasteiger partial charge in [-0.05, 0) is 17.7 Å². The summed E-state index contributed by atoms with van der Waals surface area (Å²) in [4.78, 5) is 32.0. The van der Waals surface area contributed by atoms with Gasteiger partial charge in [-0.25, -0.2) is 4.79 Å². The zero-order valence-electron chi connectivity index (χ0n) is 9.88. The highest BCUT2D eigenvalue weighted by Gasteiger charge is 2.18. The quantitative estimate of drug-likeness (QED) is 0.530.